The maximum atomic E-state index is 12.1. The number of carboxylic acids is 1. The Hall–Kier alpha value is -1.78. The Bertz CT molecular complexity index is 412. The Morgan fingerprint density at radius 1 is 1.53 bits per heavy atom. The molecule has 1 aromatic rings. The molecule has 1 atom stereocenters. The second kappa shape index (κ2) is 5.52. The highest BCUT2D eigenvalue weighted by Crippen LogP contribution is 2.08. The largest absolute Gasteiger partial charge is 0.481 e. The number of aliphatic carboxylic acids is 1. The van der Waals surface area contributed by atoms with Gasteiger partial charge in [0.15, 0.2) is 0 Å². The minimum atomic E-state index is -0.893. The number of nitrogens with zero attached hydrogens (tertiary/aromatic N) is 2. The molecule has 0 aliphatic heterocycles. The lowest BCUT2D eigenvalue weighted by Gasteiger charge is -2.20. The molecule has 0 aliphatic carbocycles. The van der Waals surface area contributed by atoms with Crippen molar-refractivity contribution in [1.29, 1.82) is 0 Å². The number of carboxylic acid groups (broad SMARTS) is 1. The summed E-state index contributed by atoms with van der Waals surface area (Å²) in [6.45, 7) is 4.47. The van der Waals surface area contributed by atoms with E-state index < -0.39 is 11.9 Å². The van der Waals surface area contributed by atoms with Gasteiger partial charge in [0.25, 0.3) is 5.91 Å². The molecular weight excluding hydrogens is 220 g/mol. The normalized spacial score (nSPS) is 12.2. The van der Waals surface area contributed by atoms with Gasteiger partial charge in [-0.1, -0.05) is 6.92 Å². The van der Waals surface area contributed by atoms with Crippen LogP contribution in [0.2, 0.25) is 0 Å². The summed E-state index contributed by atoms with van der Waals surface area (Å²) in [4.78, 5) is 24.2. The topological polar surface area (TPSA) is 62.5 Å². The molecule has 0 aromatic carbocycles. The van der Waals surface area contributed by atoms with Crippen LogP contribution in [0.5, 0.6) is 0 Å². The van der Waals surface area contributed by atoms with Crippen LogP contribution < -0.4 is 0 Å². The van der Waals surface area contributed by atoms with Crippen molar-refractivity contribution in [3.05, 3.63) is 24.0 Å². The van der Waals surface area contributed by atoms with Gasteiger partial charge in [0.1, 0.15) is 5.69 Å². The summed E-state index contributed by atoms with van der Waals surface area (Å²) in [5, 5.41) is 8.80. The van der Waals surface area contributed by atoms with Gasteiger partial charge >= 0.3 is 5.97 Å². The third-order valence-corrected chi connectivity index (χ3v) is 2.71. The van der Waals surface area contributed by atoms with Gasteiger partial charge in [-0.3, -0.25) is 9.59 Å². The molecule has 5 nitrogen and oxygen atoms in total. The smallest absolute Gasteiger partial charge is 0.308 e. The maximum absolute atomic E-state index is 12.1. The fourth-order valence-corrected chi connectivity index (χ4v) is 1.65. The fraction of sp³-hybridized carbons (Fsp3) is 0.500. The van der Waals surface area contributed by atoms with Gasteiger partial charge in [0.2, 0.25) is 0 Å². The van der Waals surface area contributed by atoms with Crippen LogP contribution in [0.3, 0.4) is 0 Å². The molecule has 1 N–H and O–H groups in total. The van der Waals surface area contributed by atoms with Crippen molar-refractivity contribution < 1.29 is 14.7 Å². The van der Waals surface area contributed by atoms with Gasteiger partial charge in [-0.2, -0.15) is 0 Å². The molecule has 0 saturated carbocycles. The van der Waals surface area contributed by atoms with E-state index in [2.05, 4.69) is 0 Å². The van der Waals surface area contributed by atoms with Crippen molar-refractivity contribution in [2.24, 2.45) is 5.92 Å². The van der Waals surface area contributed by atoms with Crippen molar-refractivity contribution in [3.63, 3.8) is 0 Å². The molecular formula is C12H18N2O3. The predicted octanol–water partition coefficient (Wildman–Crippen LogP) is 1.30. The fourth-order valence-electron chi connectivity index (χ4n) is 1.65. The lowest BCUT2D eigenvalue weighted by molar-refractivity contribution is -0.141. The van der Waals surface area contributed by atoms with Gasteiger partial charge in [-0.15, -0.1) is 0 Å². The molecule has 0 aliphatic rings. The Kier molecular flexibility index (Phi) is 4.31. The minimum absolute atomic E-state index is 0.148. The Labute approximate surface area is 101 Å². The molecule has 0 saturated heterocycles. The highest BCUT2D eigenvalue weighted by Gasteiger charge is 2.20. The first kappa shape index (κ1) is 13.3. The zero-order valence-electron chi connectivity index (χ0n) is 10.4. The van der Waals surface area contributed by atoms with Crippen molar-refractivity contribution in [2.45, 2.75) is 20.4 Å². The summed E-state index contributed by atoms with van der Waals surface area (Å²) >= 11 is 0. The quantitative estimate of drug-likeness (QED) is 0.841. The third-order valence-electron chi connectivity index (χ3n) is 2.71. The molecule has 17 heavy (non-hydrogen) atoms. The predicted molar refractivity (Wildman–Crippen MR) is 63.9 cm³/mol. The van der Waals surface area contributed by atoms with Crippen molar-refractivity contribution in [1.82, 2.24) is 9.47 Å². The Balaban J connectivity index is 2.73. The first-order valence-corrected chi connectivity index (χ1v) is 5.60. The number of carbonyl (C=O) groups is 2. The van der Waals surface area contributed by atoms with E-state index in [0.717, 1.165) is 6.54 Å². The highest BCUT2D eigenvalue weighted by atomic mass is 16.4. The minimum Gasteiger partial charge on any atom is -0.481 e. The van der Waals surface area contributed by atoms with E-state index in [9.17, 15) is 9.59 Å². The lowest BCUT2D eigenvalue weighted by Crippen LogP contribution is -2.34. The number of hydrogen-bond donors (Lipinski definition) is 1. The van der Waals surface area contributed by atoms with Crippen LogP contribution in [0.1, 0.15) is 24.3 Å². The van der Waals surface area contributed by atoms with Crippen LogP contribution in [0, 0.1) is 5.92 Å². The molecule has 0 radical (unpaired) electrons. The standard InChI is InChI=1S/C12H18N2O3/c1-4-14-7-5-6-10(14)11(15)13(3)8-9(2)12(16)17/h5-7,9H,4,8H2,1-3H3,(H,16,17). The highest BCUT2D eigenvalue weighted by molar-refractivity contribution is 5.92. The van der Waals surface area contributed by atoms with E-state index in [1.54, 1.807) is 20.0 Å². The summed E-state index contributed by atoms with van der Waals surface area (Å²) in [5.74, 6) is -1.60. The summed E-state index contributed by atoms with van der Waals surface area (Å²) in [5.41, 5.74) is 0.590. The first-order chi connectivity index (χ1) is 7.97. The molecule has 1 unspecified atom stereocenters. The average Bonchev–Trinajstić information content (AvgIpc) is 2.75. The number of rotatable bonds is 5. The van der Waals surface area contributed by atoms with Crippen LogP contribution >= 0.6 is 0 Å². The Morgan fingerprint density at radius 3 is 2.71 bits per heavy atom. The van der Waals surface area contributed by atoms with Gasteiger partial charge in [0.05, 0.1) is 5.92 Å². The molecule has 1 aromatic heterocycles. The maximum Gasteiger partial charge on any atom is 0.308 e. The molecule has 5 heteroatoms. The van der Waals surface area contributed by atoms with E-state index in [1.807, 2.05) is 23.8 Å². The lowest BCUT2D eigenvalue weighted by atomic mass is 10.1. The van der Waals surface area contributed by atoms with Crippen molar-refractivity contribution in [3.8, 4) is 0 Å². The zero-order chi connectivity index (χ0) is 13.0. The molecule has 1 amide bonds. The van der Waals surface area contributed by atoms with E-state index >= 15 is 0 Å². The second-order valence-electron chi connectivity index (χ2n) is 4.10. The second-order valence-corrected chi connectivity index (χ2v) is 4.10. The number of amides is 1. The SMILES string of the molecule is CCn1cccc1C(=O)N(C)CC(C)C(=O)O. The van der Waals surface area contributed by atoms with Gasteiger partial charge in [-0.05, 0) is 19.1 Å². The molecule has 94 valence electrons. The van der Waals surface area contributed by atoms with Gasteiger partial charge in [0, 0.05) is 26.3 Å². The molecule has 1 rings (SSSR count). The summed E-state index contributed by atoms with van der Waals surface area (Å²) < 4.78 is 1.84. The number of carbonyl (C=O) groups excluding carboxylic acids is 1. The summed E-state index contributed by atoms with van der Waals surface area (Å²) in [6, 6.07) is 3.55. The summed E-state index contributed by atoms with van der Waals surface area (Å²) in [7, 11) is 1.62. The monoisotopic (exact) mass is 238 g/mol. The van der Waals surface area contributed by atoms with Gasteiger partial charge in [-0.25, -0.2) is 0 Å². The van der Waals surface area contributed by atoms with Crippen molar-refractivity contribution >= 4 is 11.9 Å². The van der Waals surface area contributed by atoms with Gasteiger partial charge < -0.3 is 14.6 Å². The van der Waals surface area contributed by atoms with E-state index in [-0.39, 0.29) is 12.5 Å². The zero-order valence-corrected chi connectivity index (χ0v) is 10.4. The molecule has 0 spiro atoms. The molecule has 0 bridgehead atoms. The van der Waals surface area contributed by atoms with E-state index in [1.165, 1.54) is 4.90 Å². The van der Waals surface area contributed by atoms with Crippen LogP contribution in [-0.2, 0) is 11.3 Å². The van der Waals surface area contributed by atoms with E-state index in [4.69, 9.17) is 5.11 Å². The third kappa shape index (κ3) is 3.09. The Morgan fingerprint density at radius 2 is 2.18 bits per heavy atom. The first-order valence-electron chi connectivity index (χ1n) is 5.60. The van der Waals surface area contributed by atoms with Crippen LogP contribution in [0.25, 0.3) is 0 Å². The van der Waals surface area contributed by atoms with E-state index in [0.29, 0.717) is 5.69 Å². The number of aryl methyl sites for hydroxylation is 1. The van der Waals surface area contributed by atoms with Crippen LogP contribution in [0.15, 0.2) is 18.3 Å². The number of hydrogen-bond acceptors (Lipinski definition) is 2. The molecule has 0 fully saturated rings. The van der Waals surface area contributed by atoms with Crippen molar-refractivity contribution in [2.75, 3.05) is 13.6 Å². The molecule has 1 heterocycles. The van der Waals surface area contributed by atoms with Crippen LogP contribution in [-0.4, -0.2) is 40.0 Å². The number of aromatic nitrogens is 1. The summed E-state index contributed by atoms with van der Waals surface area (Å²) in [6.07, 6.45) is 1.84. The van der Waals surface area contributed by atoms with Crippen LogP contribution in [0.4, 0.5) is 0 Å². The average molecular weight is 238 g/mol.